The topological polar surface area (TPSA) is 127 Å². The lowest BCUT2D eigenvalue weighted by Gasteiger charge is -2.34. The van der Waals surface area contributed by atoms with Crippen LogP contribution in [0.15, 0.2) is 40.1 Å². The number of phosphoric ester groups is 1. The molecule has 0 spiro atoms. The molecule has 0 bridgehead atoms. The predicted molar refractivity (Wildman–Crippen MR) is 109 cm³/mol. The highest BCUT2D eigenvalue weighted by Gasteiger charge is 2.41. The van der Waals surface area contributed by atoms with Gasteiger partial charge in [0.2, 0.25) is 5.82 Å². The standard InChI is InChI=1S/C19H24FN2O9P/c1-3-27-12-28-14-6-4-13(5-7-14)10-29-32(25)30-11-17(26-2)16(31-32)9-22-8-15(20)18(23)21-19(22)24/h4-8,16-17H,3,9-12H2,1-2H3,(H,21,23,24)/t16-,17+,32?/m0/s1. The number of hydrogen-bond donors (Lipinski definition) is 1. The Bertz CT molecular complexity index is 1060. The molecule has 176 valence electrons. The first-order chi connectivity index (χ1) is 15.3. The van der Waals surface area contributed by atoms with Gasteiger partial charge in [-0.3, -0.25) is 27.9 Å². The summed E-state index contributed by atoms with van der Waals surface area (Å²) in [6.45, 7) is 2.07. The minimum atomic E-state index is -4.00. The molecule has 1 fully saturated rings. The quantitative estimate of drug-likeness (QED) is 0.312. The fourth-order valence-electron chi connectivity index (χ4n) is 2.82. The van der Waals surface area contributed by atoms with Crippen molar-refractivity contribution < 1.29 is 36.7 Å². The first kappa shape index (κ1) is 24.3. The van der Waals surface area contributed by atoms with Crippen molar-refractivity contribution in [1.29, 1.82) is 0 Å². The number of nitrogens with zero attached hydrogens (tertiary/aromatic N) is 1. The smallest absolute Gasteiger partial charge is 0.468 e. The van der Waals surface area contributed by atoms with Crippen LogP contribution >= 0.6 is 7.82 Å². The van der Waals surface area contributed by atoms with Crippen molar-refractivity contribution in [1.82, 2.24) is 9.55 Å². The lowest BCUT2D eigenvalue weighted by atomic mass is 10.2. The number of methoxy groups -OCH3 is 1. The Morgan fingerprint density at radius 3 is 2.72 bits per heavy atom. The second-order valence-electron chi connectivity index (χ2n) is 6.72. The fraction of sp³-hybridized carbons (Fsp3) is 0.474. The molecule has 0 amide bonds. The zero-order chi connectivity index (χ0) is 23.1. The highest BCUT2D eigenvalue weighted by atomic mass is 31.2. The van der Waals surface area contributed by atoms with Crippen LogP contribution in [0.4, 0.5) is 4.39 Å². The van der Waals surface area contributed by atoms with Gasteiger partial charge in [0.25, 0.3) is 5.56 Å². The maximum Gasteiger partial charge on any atom is 0.475 e. The maximum atomic E-state index is 13.6. The molecule has 11 nitrogen and oxygen atoms in total. The number of aromatic amines is 1. The number of halogens is 1. The molecule has 3 atom stereocenters. The van der Waals surface area contributed by atoms with Crippen molar-refractivity contribution in [2.24, 2.45) is 0 Å². The predicted octanol–water partition coefficient (Wildman–Crippen LogP) is 1.80. The molecule has 1 N–H and O–H groups in total. The molecule has 1 aliphatic heterocycles. The average Bonchev–Trinajstić information content (AvgIpc) is 2.77. The summed E-state index contributed by atoms with van der Waals surface area (Å²) in [6, 6.07) is 6.85. The highest BCUT2D eigenvalue weighted by Crippen LogP contribution is 2.54. The molecule has 1 unspecified atom stereocenters. The summed E-state index contributed by atoms with van der Waals surface area (Å²) in [4.78, 5) is 25.0. The summed E-state index contributed by atoms with van der Waals surface area (Å²) >= 11 is 0. The van der Waals surface area contributed by atoms with Crippen LogP contribution < -0.4 is 16.0 Å². The highest BCUT2D eigenvalue weighted by molar-refractivity contribution is 7.48. The largest absolute Gasteiger partial charge is 0.475 e. The van der Waals surface area contributed by atoms with E-state index in [4.69, 9.17) is 27.8 Å². The Morgan fingerprint density at radius 2 is 2.03 bits per heavy atom. The third kappa shape index (κ3) is 6.35. The maximum absolute atomic E-state index is 13.6. The van der Waals surface area contributed by atoms with E-state index in [0.29, 0.717) is 17.9 Å². The van der Waals surface area contributed by atoms with Gasteiger partial charge in [-0.05, 0) is 24.6 Å². The van der Waals surface area contributed by atoms with E-state index in [1.54, 1.807) is 24.3 Å². The molecular weight excluding hydrogens is 450 g/mol. The van der Waals surface area contributed by atoms with Crippen molar-refractivity contribution >= 4 is 7.82 Å². The van der Waals surface area contributed by atoms with Crippen LogP contribution in [0.5, 0.6) is 5.75 Å². The average molecular weight is 474 g/mol. The van der Waals surface area contributed by atoms with Crippen molar-refractivity contribution in [2.75, 3.05) is 27.1 Å². The van der Waals surface area contributed by atoms with E-state index in [2.05, 4.69) is 0 Å². The van der Waals surface area contributed by atoms with E-state index < -0.39 is 37.1 Å². The molecule has 1 saturated heterocycles. The molecule has 3 rings (SSSR count). The number of phosphoric acid groups is 1. The summed E-state index contributed by atoms with van der Waals surface area (Å²) in [5.41, 5.74) is -1.30. The summed E-state index contributed by atoms with van der Waals surface area (Å²) < 4.78 is 59.3. The Morgan fingerprint density at radius 1 is 1.28 bits per heavy atom. The number of benzene rings is 1. The van der Waals surface area contributed by atoms with Crippen LogP contribution in [0, 0.1) is 5.82 Å². The molecule has 32 heavy (non-hydrogen) atoms. The molecule has 13 heteroatoms. The number of rotatable bonds is 10. The van der Waals surface area contributed by atoms with E-state index in [1.165, 1.54) is 7.11 Å². The number of aromatic nitrogens is 2. The Balaban J connectivity index is 1.63. The van der Waals surface area contributed by atoms with E-state index in [1.807, 2.05) is 11.9 Å². The zero-order valence-electron chi connectivity index (χ0n) is 17.5. The van der Waals surface area contributed by atoms with Crippen molar-refractivity contribution in [3.8, 4) is 5.75 Å². The van der Waals surface area contributed by atoms with Crippen molar-refractivity contribution in [2.45, 2.75) is 32.3 Å². The Labute approximate surface area is 182 Å². The van der Waals surface area contributed by atoms with Gasteiger partial charge in [-0.1, -0.05) is 12.1 Å². The van der Waals surface area contributed by atoms with Gasteiger partial charge in [0.05, 0.1) is 26.0 Å². The van der Waals surface area contributed by atoms with Crippen LogP contribution in [0.25, 0.3) is 0 Å². The van der Waals surface area contributed by atoms with E-state index in [-0.39, 0.29) is 26.6 Å². The number of nitrogens with one attached hydrogen (secondary N) is 1. The van der Waals surface area contributed by atoms with Crippen LogP contribution in [-0.4, -0.2) is 48.9 Å². The van der Waals surface area contributed by atoms with E-state index in [0.717, 1.165) is 10.8 Å². The number of hydrogen-bond acceptors (Lipinski definition) is 9. The zero-order valence-corrected chi connectivity index (χ0v) is 18.4. The summed E-state index contributed by atoms with van der Waals surface area (Å²) in [6.07, 6.45) is -0.922. The SMILES string of the molecule is CCOCOc1ccc(COP2(=O)OC[C@@H](OC)[C@H](Cn3cc(F)c(=O)[nH]c3=O)O2)cc1. The fourth-order valence-corrected chi connectivity index (χ4v) is 4.18. The van der Waals surface area contributed by atoms with Gasteiger partial charge in [0.1, 0.15) is 18.0 Å². The van der Waals surface area contributed by atoms with Gasteiger partial charge in [0, 0.05) is 13.7 Å². The second-order valence-corrected chi connectivity index (χ2v) is 8.34. The molecule has 1 aromatic carbocycles. The normalized spacial score (nSPS) is 23.2. The summed E-state index contributed by atoms with van der Waals surface area (Å²) in [5, 5.41) is 0. The van der Waals surface area contributed by atoms with Crippen molar-refractivity contribution in [3.63, 3.8) is 0 Å². The third-order valence-corrected chi connectivity index (χ3v) is 5.99. The lowest BCUT2D eigenvalue weighted by molar-refractivity contribution is -0.0865. The van der Waals surface area contributed by atoms with E-state index in [9.17, 15) is 18.5 Å². The van der Waals surface area contributed by atoms with Gasteiger partial charge in [-0.15, -0.1) is 0 Å². The first-order valence-corrected chi connectivity index (χ1v) is 11.2. The molecule has 0 aliphatic carbocycles. The van der Waals surface area contributed by atoms with Crippen LogP contribution in [-0.2, 0) is 40.8 Å². The summed E-state index contributed by atoms with van der Waals surface area (Å²) in [5.74, 6) is -0.542. The minimum Gasteiger partial charge on any atom is -0.468 e. The van der Waals surface area contributed by atoms with Crippen LogP contribution in [0.1, 0.15) is 12.5 Å². The molecular formula is C19H24FN2O9P. The molecule has 2 heterocycles. The molecule has 0 radical (unpaired) electrons. The number of H-pyrrole nitrogens is 1. The molecule has 0 saturated carbocycles. The summed E-state index contributed by atoms with van der Waals surface area (Å²) in [7, 11) is -2.62. The third-order valence-electron chi connectivity index (χ3n) is 4.55. The molecule has 2 aromatic rings. The monoisotopic (exact) mass is 474 g/mol. The lowest BCUT2D eigenvalue weighted by Crippen LogP contribution is -2.44. The van der Waals surface area contributed by atoms with E-state index >= 15 is 0 Å². The second kappa shape index (κ2) is 11.0. The Hall–Kier alpha value is -2.34. The first-order valence-electron chi connectivity index (χ1n) is 9.72. The molecule has 1 aromatic heterocycles. The van der Waals surface area contributed by atoms with Gasteiger partial charge in [0.15, 0.2) is 6.79 Å². The Kier molecular flexibility index (Phi) is 8.35. The minimum absolute atomic E-state index is 0.0827. The van der Waals surface area contributed by atoms with Crippen molar-refractivity contribution in [3.05, 3.63) is 62.7 Å². The number of ether oxygens (including phenoxy) is 3. The van der Waals surface area contributed by atoms with Gasteiger partial charge < -0.3 is 14.2 Å². The van der Waals surface area contributed by atoms with Crippen LogP contribution in [0.3, 0.4) is 0 Å². The molecule has 1 aliphatic rings. The van der Waals surface area contributed by atoms with Gasteiger partial charge in [-0.25, -0.2) is 9.36 Å². The van der Waals surface area contributed by atoms with Gasteiger partial charge >= 0.3 is 13.5 Å². The van der Waals surface area contributed by atoms with Crippen LogP contribution in [0.2, 0.25) is 0 Å². The van der Waals surface area contributed by atoms with Gasteiger partial charge in [-0.2, -0.15) is 4.39 Å².